The van der Waals surface area contributed by atoms with Gasteiger partial charge in [-0.3, -0.25) is 9.69 Å². The minimum atomic E-state index is -4.24. The number of halogens is 3. The number of hydrogen-bond acceptors (Lipinski definition) is 3. The molecular formula is C16H18F3N3O2. The van der Waals surface area contributed by atoms with Crippen LogP contribution in [0.3, 0.4) is 0 Å². The molecule has 0 spiro atoms. The maximum absolute atomic E-state index is 12.6. The largest absolute Gasteiger partial charge is 0.401 e. The number of nitrogens with zero attached hydrogens (tertiary/aromatic N) is 3. The highest BCUT2D eigenvalue weighted by Crippen LogP contribution is 2.33. The number of imide groups is 1. The second kappa shape index (κ2) is 5.77. The van der Waals surface area contributed by atoms with Crippen LogP contribution in [0.25, 0.3) is 0 Å². The standard InChI is InChI=1S/C16H18F3N3O2/c1-10-14(23)22(15(24)20(10)2)13-5-3-4-11-8-21(7-6-12(11)13)9-16(17,18)19/h3-5,10H,6-9H2,1-2H3. The molecule has 1 fully saturated rings. The fourth-order valence-corrected chi connectivity index (χ4v) is 3.24. The van der Waals surface area contributed by atoms with Crippen LogP contribution in [0.1, 0.15) is 18.1 Å². The van der Waals surface area contributed by atoms with E-state index < -0.39 is 24.8 Å². The zero-order valence-electron chi connectivity index (χ0n) is 13.4. The summed E-state index contributed by atoms with van der Waals surface area (Å²) >= 11 is 0. The number of rotatable bonds is 2. The zero-order chi connectivity index (χ0) is 17.6. The van der Waals surface area contributed by atoms with Gasteiger partial charge in [0.1, 0.15) is 6.04 Å². The van der Waals surface area contributed by atoms with E-state index in [0.717, 1.165) is 16.0 Å². The molecule has 8 heteroatoms. The van der Waals surface area contributed by atoms with E-state index in [1.807, 2.05) is 0 Å². The maximum atomic E-state index is 12.6. The van der Waals surface area contributed by atoms with E-state index in [9.17, 15) is 22.8 Å². The molecule has 1 aromatic rings. The van der Waals surface area contributed by atoms with Gasteiger partial charge in [-0.05, 0) is 30.5 Å². The normalized spacial score (nSPS) is 22.3. The van der Waals surface area contributed by atoms with Gasteiger partial charge in [0.15, 0.2) is 0 Å². The summed E-state index contributed by atoms with van der Waals surface area (Å²) in [5.74, 6) is -0.311. The second-order valence-electron chi connectivity index (χ2n) is 6.23. The molecule has 0 bridgehead atoms. The fourth-order valence-electron chi connectivity index (χ4n) is 3.24. The predicted octanol–water partition coefficient (Wildman–Crippen LogP) is 2.39. The van der Waals surface area contributed by atoms with Crippen molar-refractivity contribution in [1.82, 2.24) is 9.80 Å². The smallest absolute Gasteiger partial charge is 0.315 e. The molecule has 1 saturated heterocycles. The van der Waals surface area contributed by atoms with Crippen molar-refractivity contribution in [2.24, 2.45) is 0 Å². The Labute approximate surface area is 137 Å². The molecule has 3 rings (SSSR count). The number of likely N-dealkylation sites (N-methyl/N-ethyl adjacent to an activating group) is 1. The molecule has 5 nitrogen and oxygen atoms in total. The van der Waals surface area contributed by atoms with Crippen molar-refractivity contribution in [1.29, 1.82) is 0 Å². The highest BCUT2D eigenvalue weighted by molar-refractivity contribution is 6.21. The molecule has 0 radical (unpaired) electrons. The number of fused-ring (bicyclic) bond motifs is 1. The summed E-state index contributed by atoms with van der Waals surface area (Å²) in [4.78, 5) is 28.5. The lowest BCUT2D eigenvalue weighted by molar-refractivity contribution is -0.147. The van der Waals surface area contributed by atoms with E-state index in [-0.39, 0.29) is 19.0 Å². The van der Waals surface area contributed by atoms with Crippen molar-refractivity contribution in [3.8, 4) is 0 Å². The molecule has 130 valence electrons. The van der Waals surface area contributed by atoms with E-state index in [1.54, 1.807) is 32.2 Å². The molecule has 0 aliphatic carbocycles. The molecule has 1 atom stereocenters. The third-order valence-electron chi connectivity index (χ3n) is 4.62. The van der Waals surface area contributed by atoms with Crippen LogP contribution >= 0.6 is 0 Å². The SMILES string of the molecule is CC1C(=O)N(c2cccc3c2CCN(CC(F)(F)F)C3)C(=O)N1C. The summed E-state index contributed by atoms with van der Waals surface area (Å²) in [5.41, 5.74) is 2.00. The first-order valence-electron chi connectivity index (χ1n) is 7.69. The maximum Gasteiger partial charge on any atom is 0.401 e. The number of urea groups is 1. The molecule has 0 N–H and O–H groups in total. The lowest BCUT2D eigenvalue weighted by Gasteiger charge is -2.31. The molecule has 0 saturated carbocycles. The minimum absolute atomic E-state index is 0.157. The van der Waals surface area contributed by atoms with Crippen LogP contribution in [0.2, 0.25) is 0 Å². The molecule has 2 aliphatic rings. The third kappa shape index (κ3) is 2.86. The molecule has 3 amide bonds. The number of alkyl halides is 3. The molecule has 1 aromatic carbocycles. The van der Waals surface area contributed by atoms with Gasteiger partial charge in [-0.2, -0.15) is 13.2 Å². The number of amides is 3. The molecule has 2 aliphatic heterocycles. The Morgan fingerprint density at radius 1 is 1.25 bits per heavy atom. The Hall–Kier alpha value is -2.09. The summed E-state index contributed by atoms with van der Waals surface area (Å²) in [7, 11) is 1.56. The Kier molecular flexibility index (Phi) is 4.03. The van der Waals surface area contributed by atoms with E-state index >= 15 is 0 Å². The summed E-state index contributed by atoms with van der Waals surface area (Å²) in [5, 5.41) is 0. The molecule has 24 heavy (non-hydrogen) atoms. The van der Waals surface area contributed by atoms with Crippen LogP contribution in [-0.2, 0) is 17.8 Å². The van der Waals surface area contributed by atoms with Gasteiger partial charge in [-0.15, -0.1) is 0 Å². The van der Waals surface area contributed by atoms with Crippen molar-refractivity contribution in [2.45, 2.75) is 32.1 Å². The van der Waals surface area contributed by atoms with E-state index in [4.69, 9.17) is 0 Å². The van der Waals surface area contributed by atoms with Gasteiger partial charge >= 0.3 is 12.2 Å². The molecule has 1 unspecified atom stereocenters. The minimum Gasteiger partial charge on any atom is -0.315 e. The second-order valence-corrected chi connectivity index (χ2v) is 6.23. The number of anilines is 1. The van der Waals surface area contributed by atoms with Crippen LogP contribution in [-0.4, -0.2) is 54.1 Å². The van der Waals surface area contributed by atoms with Crippen LogP contribution in [0.5, 0.6) is 0 Å². The number of carbonyl (C=O) groups excluding carboxylic acids is 2. The monoisotopic (exact) mass is 341 g/mol. The van der Waals surface area contributed by atoms with Gasteiger partial charge in [0.05, 0.1) is 12.2 Å². The van der Waals surface area contributed by atoms with E-state index in [1.165, 1.54) is 9.80 Å². The van der Waals surface area contributed by atoms with Crippen molar-refractivity contribution in [2.75, 3.05) is 25.0 Å². The topological polar surface area (TPSA) is 43.9 Å². The number of carbonyl (C=O) groups is 2. The third-order valence-corrected chi connectivity index (χ3v) is 4.62. The van der Waals surface area contributed by atoms with Crippen molar-refractivity contribution in [3.05, 3.63) is 29.3 Å². The number of benzene rings is 1. The quantitative estimate of drug-likeness (QED) is 0.776. The lowest BCUT2D eigenvalue weighted by atomic mass is 9.97. The van der Waals surface area contributed by atoms with Crippen LogP contribution in [0, 0.1) is 0 Å². The summed E-state index contributed by atoms with van der Waals surface area (Å²) < 4.78 is 37.8. The van der Waals surface area contributed by atoms with Gasteiger partial charge < -0.3 is 4.90 Å². The zero-order valence-corrected chi connectivity index (χ0v) is 13.4. The Morgan fingerprint density at radius 3 is 2.54 bits per heavy atom. The molecule has 0 aromatic heterocycles. The van der Waals surface area contributed by atoms with Crippen molar-refractivity contribution in [3.63, 3.8) is 0 Å². The number of hydrogen-bond donors (Lipinski definition) is 0. The van der Waals surface area contributed by atoms with Crippen molar-refractivity contribution < 1.29 is 22.8 Å². The average molecular weight is 341 g/mol. The first-order chi connectivity index (χ1) is 11.2. The summed E-state index contributed by atoms with van der Waals surface area (Å²) in [6.45, 7) is 1.09. The lowest BCUT2D eigenvalue weighted by Crippen LogP contribution is -2.39. The average Bonchev–Trinajstić information content (AvgIpc) is 2.69. The van der Waals surface area contributed by atoms with Crippen LogP contribution in [0.15, 0.2) is 18.2 Å². The summed E-state index contributed by atoms with van der Waals surface area (Å²) in [6, 6.07) is 4.16. The van der Waals surface area contributed by atoms with E-state index in [2.05, 4.69) is 0 Å². The summed E-state index contributed by atoms with van der Waals surface area (Å²) in [6.07, 6.45) is -3.87. The van der Waals surface area contributed by atoms with Crippen LogP contribution in [0.4, 0.5) is 23.7 Å². The first kappa shape index (κ1) is 16.8. The van der Waals surface area contributed by atoms with Gasteiger partial charge in [0.2, 0.25) is 0 Å². The van der Waals surface area contributed by atoms with Gasteiger partial charge in [0, 0.05) is 20.1 Å². The van der Waals surface area contributed by atoms with Gasteiger partial charge in [0.25, 0.3) is 5.91 Å². The van der Waals surface area contributed by atoms with Crippen LogP contribution < -0.4 is 4.90 Å². The Bertz CT molecular complexity index is 670. The van der Waals surface area contributed by atoms with Gasteiger partial charge in [-0.25, -0.2) is 9.69 Å². The molecule has 2 heterocycles. The highest BCUT2D eigenvalue weighted by atomic mass is 19.4. The Morgan fingerprint density at radius 2 is 1.96 bits per heavy atom. The fraction of sp³-hybridized carbons (Fsp3) is 0.500. The Balaban J connectivity index is 1.90. The predicted molar refractivity (Wildman–Crippen MR) is 81.6 cm³/mol. The molecular weight excluding hydrogens is 323 g/mol. The first-order valence-corrected chi connectivity index (χ1v) is 7.69. The van der Waals surface area contributed by atoms with Crippen molar-refractivity contribution >= 4 is 17.6 Å². The van der Waals surface area contributed by atoms with Gasteiger partial charge in [-0.1, -0.05) is 12.1 Å². The van der Waals surface area contributed by atoms with E-state index in [0.29, 0.717) is 12.1 Å². The highest BCUT2D eigenvalue weighted by Gasteiger charge is 2.42.